The Labute approximate surface area is 130 Å². The van der Waals surface area contributed by atoms with Gasteiger partial charge in [0, 0.05) is 6.04 Å². The molecule has 0 aromatic carbocycles. The minimum atomic E-state index is -3.61. The van der Waals surface area contributed by atoms with Gasteiger partial charge in [0.2, 0.25) is 10.0 Å². The molecule has 2 unspecified atom stereocenters. The summed E-state index contributed by atoms with van der Waals surface area (Å²) < 4.78 is 32.4. The number of sulfonamides is 1. The second-order valence-corrected chi connectivity index (χ2v) is 9.03. The van der Waals surface area contributed by atoms with Crippen molar-refractivity contribution in [3.05, 3.63) is 14.7 Å². The Morgan fingerprint density at radius 2 is 2.20 bits per heavy atom. The Bertz CT molecular complexity index is 611. The van der Waals surface area contributed by atoms with Gasteiger partial charge in [-0.15, -0.1) is 11.3 Å². The highest BCUT2D eigenvalue weighted by Gasteiger charge is 2.29. The summed E-state index contributed by atoms with van der Waals surface area (Å²) in [5, 5.41) is 0. The lowest BCUT2D eigenvalue weighted by molar-refractivity contribution is 0.0606. The molecular formula is C12H16BrNO4S2. The van der Waals surface area contributed by atoms with E-state index in [0.717, 1.165) is 30.6 Å². The number of carbonyl (C=O) groups is 1. The van der Waals surface area contributed by atoms with Gasteiger partial charge in [0.1, 0.15) is 9.77 Å². The standard InChI is InChI=1S/C12H16BrNO4S2/c1-7-3-4-8(5-7)14-20(16,17)10-6-9(12(15)18-2)19-11(10)13/h6-8,14H,3-5H2,1-2H3. The van der Waals surface area contributed by atoms with E-state index in [1.54, 1.807) is 0 Å². The zero-order valence-electron chi connectivity index (χ0n) is 11.2. The first-order chi connectivity index (χ1) is 9.33. The molecule has 0 spiro atoms. The lowest BCUT2D eigenvalue weighted by Crippen LogP contribution is -2.32. The van der Waals surface area contributed by atoms with Crippen molar-refractivity contribution >= 4 is 43.3 Å². The Hall–Kier alpha value is -0.440. The molecule has 1 heterocycles. The molecule has 1 saturated carbocycles. The molecule has 8 heteroatoms. The van der Waals surface area contributed by atoms with Crippen LogP contribution in [0.1, 0.15) is 35.9 Å². The number of ether oxygens (including phenoxy) is 1. The number of esters is 1. The van der Waals surface area contributed by atoms with Crippen LogP contribution in [0.5, 0.6) is 0 Å². The van der Waals surface area contributed by atoms with E-state index in [2.05, 4.69) is 32.3 Å². The van der Waals surface area contributed by atoms with Crippen molar-refractivity contribution in [3.8, 4) is 0 Å². The van der Waals surface area contributed by atoms with E-state index in [1.165, 1.54) is 13.2 Å². The van der Waals surface area contributed by atoms with Crippen LogP contribution in [0.2, 0.25) is 0 Å². The van der Waals surface area contributed by atoms with E-state index in [-0.39, 0.29) is 15.8 Å². The van der Waals surface area contributed by atoms with Crippen molar-refractivity contribution in [2.45, 2.75) is 37.1 Å². The van der Waals surface area contributed by atoms with Crippen LogP contribution >= 0.6 is 27.3 Å². The number of hydrogen-bond acceptors (Lipinski definition) is 5. The maximum absolute atomic E-state index is 12.4. The number of rotatable bonds is 4. The molecule has 1 aliphatic carbocycles. The quantitative estimate of drug-likeness (QED) is 0.813. The lowest BCUT2D eigenvalue weighted by atomic mass is 10.1. The SMILES string of the molecule is COC(=O)c1cc(S(=O)(=O)NC2CCC(C)C2)c(Br)s1. The number of methoxy groups -OCH3 is 1. The van der Waals surface area contributed by atoms with Gasteiger partial charge in [-0.3, -0.25) is 0 Å². The van der Waals surface area contributed by atoms with Crippen LogP contribution in [0.3, 0.4) is 0 Å². The highest BCUT2D eigenvalue weighted by molar-refractivity contribution is 9.11. The van der Waals surface area contributed by atoms with Crippen molar-refractivity contribution in [1.82, 2.24) is 4.72 Å². The molecule has 1 aromatic rings. The van der Waals surface area contributed by atoms with Gasteiger partial charge < -0.3 is 4.74 Å². The minimum absolute atomic E-state index is 0.0247. The van der Waals surface area contributed by atoms with Gasteiger partial charge in [-0.1, -0.05) is 6.92 Å². The first-order valence-electron chi connectivity index (χ1n) is 6.23. The van der Waals surface area contributed by atoms with E-state index in [1.807, 2.05) is 0 Å². The summed E-state index contributed by atoms with van der Waals surface area (Å²) in [6.07, 6.45) is 2.74. The number of nitrogens with one attached hydrogen (secondary N) is 1. The lowest BCUT2D eigenvalue weighted by Gasteiger charge is -2.12. The van der Waals surface area contributed by atoms with E-state index in [4.69, 9.17) is 0 Å². The second kappa shape index (κ2) is 6.13. The molecule has 1 N–H and O–H groups in total. The summed E-state index contributed by atoms with van der Waals surface area (Å²) >= 11 is 4.26. The fourth-order valence-electron chi connectivity index (χ4n) is 2.33. The molecule has 1 fully saturated rings. The van der Waals surface area contributed by atoms with Crippen molar-refractivity contribution < 1.29 is 17.9 Å². The molecule has 20 heavy (non-hydrogen) atoms. The summed E-state index contributed by atoms with van der Waals surface area (Å²) in [4.78, 5) is 11.8. The van der Waals surface area contributed by atoms with Crippen molar-refractivity contribution in [3.63, 3.8) is 0 Å². The summed E-state index contributed by atoms with van der Waals surface area (Å²) in [6, 6.07) is 1.32. The molecular weight excluding hydrogens is 366 g/mol. The molecule has 1 aliphatic rings. The fourth-order valence-corrected chi connectivity index (χ4v) is 6.10. The van der Waals surface area contributed by atoms with Crippen LogP contribution in [-0.4, -0.2) is 27.5 Å². The van der Waals surface area contributed by atoms with Crippen LogP contribution in [0.4, 0.5) is 0 Å². The zero-order valence-corrected chi connectivity index (χ0v) is 14.4. The molecule has 1 aromatic heterocycles. The van der Waals surface area contributed by atoms with Crippen LogP contribution in [0.25, 0.3) is 0 Å². The maximum Gasteiger partial charge on any atom is 0.348 e. The average Bonchev–Trinajstić information content (AvgIpc) is 2.94. The fraction of sp³-hybridized carbons (Fsp3) is 0.583. The van der Waals surface area contributed by atoms with Crippen molar-refractivity contribution in [1.29, 1.82) is 0 Å². The Kier molecular flexibility index (Phi) is 4.88. The smallest absolute Gasteiger partial charge is 0.348 e. The normalized spacial score (nSPS) is 22.9. The number of halogens is 1. The van der Waals surface area contributed by atoms with Gasteiger partial charge in [0.25, 0.3) is 0 Å². The molecule has 2 rings (SSSR count). The van der Waals surface area contributed by atoms with Gasteiger partial charge in [-0.25, -0.2) is 17.9 Å². The molecule has 0 saturated heterocycles. The van der Waals surface area contributed by atoms with Crippen LogP contribution in [-0.2, 0) is 14.8 Å². The van der Waals surface area contributed by atoms with Crippen molar-refractivity contribution in [2.24, 2.45) is 5.92 Å². The topological polar surface area (TPSA) is 72.5 Å². The average molecular weight is 382 g/mol. The molecule has 0 aliphatic heterocycles. The third kappa shape index (κ3) is 3.41. The zero-order chi connectivity index (χ0) is 14.9. The van der Waals surface area contributed by atoms with Crippen LogP contribution < -0.4 is 4.72 Å². The Balaban J connectivity index is 2.21. The predicted octanol–water partition coefficient (Wildman–Crippen LogP) is 2.76. The third-order valence-corrected chi connectivity index (χ3v) is 7.10. The van der Waals surface area contributed by atoms with E-state index >= 15 is 0 Å². The Morgan fingerprint density at radius 3 is 2.75 bits per heavy atom. The van der Waals surface area contributed by atoms with Crippen molar-refractivity contribution in [2.75, 3.05) is 7.11 Å². The van der Waals surface area contributed by atoms with E-state index in [0.29, 0.717) is 9.70 Å². The predicted molar refractivity (Wildman–Crippen MR) is 80.5 cm³/mol. The van der Waals surface area contributed by atoms with Gasteiger partial charge in [0.05, 0.1) is 10.9 Å². The molecule has 5 nitrogen and oxygen atoms in total. The second-order valence-electron chi connectivity index (χ2n) is 4.98. The van der Waals surface area contributed by atoms with E-state index < -0.39 is 16.0 Å². The molecule has 0 bridgehead atoms. The number of hydrogen-bond donors (Lipinski definition) is 1. The molecule has 112 valence electrons. The summed E-state index contributed by atoms with van der Waals surface area (Å²) in [7, 11) is -2.35. The van der Waals surface area contributed by atoms with Gasteiger partial charge in [0.15, 0.2) is 0 Å². The number of thiophene rings is 1. The van der Waals surface area contributed by atoms with Crippen LogP contribution in [0.15, 0.2) is 14.7 Å². The first kappa shape index (κ1) is 15.9. The number of carbonyl (C=O) groups excluding carboxylic acids is 1. The molecule has 2 atom stereocenters. The first-order valence-corrected chi connectivity index (χ1v) is 9.32. The van der Waals surface area contributed by atoms with Crippen LogP contribution in [0, 0.1) is 5.92 Å². The summed E-state index contributed by atoms with van der Waals surface area (Å²) in [5.74, 6) is 0.00545. The molecule has 0 amide bonds. The summed E-state index contributed by atoms with van der Waals surface area (Å²) in [6.45, 7) is 2.12. The molecule has 0 radical (unpaired) electrons. The Morgan fingerprint density at radius 1 is 1.50 bits per heavy atom. The highest BCUT2D eigenvalue weighted by atomic mass is 79.9. The van der Waals surface area contributed by atoms with Gasteiger partial charge in [-0.2, -0.15) is 0 Å². The summed E-state index contributed by atoms with van der Waals surface area (Å²) in [5.41, 5.74) is 0. The van der Waals surface area contributed by atoms with Gasteiger partial charge in [-0.05, 0) is 47.2 Å². The minimum Gasteiger partial charge on any atom is -0.465 e. The van der Waals surface area contributed by atoms with E-state index in [9.17, 15) is 13.2 Å². The maximum atomic E-state index is 12.4. The highest BCUT2D eigenvalue weighted by Crippen LogP contribution is 2.33. The monoisotopic (exact) mass is 381 g/mol. The third-order valence-electron chi connectivity index (χ3n) is 3.35. The largest absolute Gasteiger partial charge is 0.465 e. The van der Waals surface area contributed by atoms with Gasteiger partial charge >= 0.3 is 5.97 Å².